The summed E-state index contributed by atoms with van der Waals surface area (Å²) in [7, 11) is 0. The van der Waals surface area contributed by atoms with Gasteiger partial charge in [0.1, 0.15) is 28.9 Å². The van der Waals surface area contributed by atoms with Gasteiger partial charge in [-0.15, -0.1) is 11.3 Å². The van der Waals surface area contributed by atoms with Gasteiger partial charge in [-0.1, -0.05) is 12.1 Å². The molecule has 6 nitrogen and oxygen atoms in total. The Bertz CT molecular complexity index is 1120. The second kappa shape index (κ2) is 8.75. The highest BCUT2D eigenvalue weighted by atomic mass is 32.1. The third-order valence-electron chi connectivity index (χ3n) is 6.71. The summed E-state index contributed by atoms with van der Waals surface area (Å²) in [5.74, 6) is 0.944. The third kappa shape index (κ3) is 3.97. The standard InChI is InChI=1S/C24H27FN4O2S/c1-15-16(2)32-23-21(15)22(26-14-27-23)28-9-7-18(8-10-28)24(30)29-11-12-31-20(13-29)17-3-5-19(25)6-4-17/h3-6,14,18,20H,7-13H2,1-2H3. The first-order chi connectivity index (χ1) is 15.5. The number of carbonyl (C=O) groups excluding carboxylic acids is 1. The number of hydrogen-bond donors (Lipinski definition) is 0. The molecule has 4 heterocycles. The highest BCUT2D eigenvalue weighted by molar-refractivity contribution is 7.18. The van der Waals surface area contributed by atoms with Gasteiger partial charge in [0.25, 0.3) is 0 Å². The lowest BCUT2D eigenvalue weighted by Crippen LogP contribution is -2.47. The molecule has 2 aromatic heterocycles. The van der Waals surface area contributed by atoms with Gasteiger partial charge in [-0.25, -0.2) is 14.4 Å². The Balaban J connectivity index is 1.24. The molecule has 168 valence electrons. The van der Waals surface area contributed by atoms with E-state index in [0.717, 1.165) is 47.5 Å². The molecule has 0 spiro atoms. The SMILES string of the molecule is Cc1sc2ncnc(N3CCC(C(=O)N4CCOC(c5ccc(F)cc5)C4)CC3)c2c1C. The van der Waals surface area contributed by atoms with Crippen molar-refractivity contribution < 1.29 is 13.9 Å². The van der Waals surface area contributed by atoms with Crippen LogP contribution in [0.25, 0.3) is 10.2 Å². The number of thiophene rings is 1. The molecule has 2 fully saturated rings. The zero-order valence-corrected chi connectivity index (χ0v) is 19.2. The number of fused-ring (bicyclic) bond motifs is 1. The first kappa shape index (κ1) is 21.3. The van der Waals surface area contributed by atoms with E-state index in [1.807, 2.05) is 4.90 Å². The number of rotatable bonds is 3. The fourth-order valence-electron chi connectivity index (χ4n) is 4.73. The van der Waals surface area contributed by atoms with Crippen LogP contribution in [0.2, 0.25) is 0 Å². The van der Waals surface area contributed by atoms with Gasteiger partial charge in [-0.2, -0.15) is 0 Å². The van der Waals surface area contributed by atoms with Crippen LogP contribution >= 0.6 is 11.3 Å². The van der Waals surface area contributed by atoms with Gasteiger partial charge in [0.05, 0.1) is 18.5 Å². The number of nitrogens with zero attached hydrogens (tertiary/aromatic N) is 4. The van der Waals surface area contributed by atoms with E-state index < -0.39 is 0 Å². The van der Waals surface area contributed by atoms with Crippen molar-refractivity contribution in [3.05, 3.63) is 52.4 Å². The molecule has 0 bridgehead atoms. The fourth-order valence-corrected chi connectivity index (χ4v) is 5.72. The number of halogens is 1. The summed E-state index contributed by atoms with van der Waals surface area (Å²) in [5, 5.41) is 1.15. The molecule has 0 N–H and O–H groups in total. The zero-order valence-electron chi connectivity index (χ0n) is 18.4. The summed E-state index contributed by atoms with van der Waals surface area (Å²) in [6, 6.07) is 6.36. The van der Waals surface area contributed by atoms with Crippen molar-refractivity contribution in [3.8, 4) is 0 Å². The number of carbonyl (C=O) groups is 1. The molecule has 32 heavy (non-hydrogen) atoms. The van der Waals surface area contributed by atoms with Gasteiger partial charge in [0, 0.05) is 30.4 Å². The summed E-state index contributed by atoms with van der Waals surface area (Å²) >= 11 is 1.71. The minimum atomic E-state index is -0.266. The Morgan fingerprint density at radius 2 is 1.88 bits per heavy atom. The summed E-state index contributed by atoms with van der Waals surface area (Å²) < 4.78 is 19.1. The van der Waals surface area contributed by atoms with Crippen molar-refractivity contribution in [1.82, 2.24) is 14.9 Å². The topological polar surface area (TPSA) is 58.6 Å². The minimum absolute atomic E-state index is 0.0147. The first-order valence-corrected chi connectivity index (χ1v) is 11.9. The van der Waals surface area contributed by atoms with E-state index in [0.29, 0.717) is 19.7 Å². The molecule has 2 aliphatic rings. The van der Waals surface area contributed by atoms with Crippen molar-refractivity contribution >= 4 is 33.3 Å². The van der Waals surface area contributed by atoms with E-state index in [1.165, 1.54) is 22.6 Å². The van der Waals surface area contributed by atoms with Crippen LogP contribution in [0, 0.1) is 25.6 Å². The van der Waals surface area contributed by atoms with Crippen LogP contribution in [0.1, 0.15) is 34.9 Å². The zero-order chi connectivity index (χ0) is 22.2. The quantitative estimate of drug-likeness (QED) is 0.592. The van der Waals surface area contributed by atoms with Crippen LogP contribution in [0.3, 0.4) is 0 Å². The van der Waals surface area contributed by atoms with Crippen LogP contribution in [-0.4, -0.2) is 53.6 Å². The maximum Gasteiger partial charge on any atom is 0.225 e. The van der Waals surface area contributed by atoms with Crippen molar-refractivity contribution in [3.63, 3.8) is 0 Å². The predicted molar refractivity (Wildman–Crippen MR) is 123 cm³/mol. The molecule has 5 rings (SSSR count). The second-order valence-electron chi connectivity index (χ2n) is 8.62. The molecule has 1 aromatic carbocycles. The normalized spacial score (nSPS) is 20.2. The molecule has 0 aliphatic carbocycles. The maximum atomic E-state index is 13.3. The largest absolute Gasteiger partial charge is 0.370 e. The van der Waals surface area contributed by atoms with Crippen LogP contribution in [0.15, 0.2) is 30.6 Å². The van der Waals surface area contributed by atoms with Crippen LogP contribution < -0.4 is 4.90 Å². The minimum Gasteiger partial charge on any atom is -0.370 e. The molecule has 2 aliphatic heterocycles. The molecule has 2 saturated heterocycles. The Morgan fingerprint density at radius 3 is 2.62 bits per heavy atom. The fraction of sp³-hybridized carbons (Fsp3) is 0.458. The van der Waals surface area contributed by atoms with E-state index >= 15 is 0 Å². The summed E-state index contributed by atoms with van der Waals surface area (Å²) in [6.45, 7) is 7.50. The van der Waals surface area contributed by atoms with Crippen LogP contribution in [0.4, 0.5) is 10.2 Å². The molecule has 0 radical (unpaired) electrons. The second-order valence-corrected chi connectivity index (χ2v) is 9.82. The molecule has 1 atom stereocenters. The molecule has 1 amide bonds. The van der Waals surface area contributed by atoms with Crippen LogP contribution in [0.5, 0.6) is 0 Å². The van der Waals surface area contributed by atoms with Gasteiger partial charge < -0.3 is 14.5 Å². The van der Waals surface area contributed by atoms with Crippen molar-refractivity contribution in [2.45, 2.75) is 32.8 Å². The molecular weight excluding hydrogens is 427 g/mol. The van der Waals surface area contributed by atoms with Gasteiger partial charge in [-0.3, -0.25) is 4.79 Å². The number of hydrogen-bond acceptors (Lipinski definition) is 6. The molecule has 0 saturated carbocycles. The summed E-state index contributed by atoms with van der Waals surface area (Å²) in [6.07, 6.45) is 3.07. The Kier molecular flexibility index (Phi) is 5.82. The number of piperidine rings is 1. The number of aromatic nitrogens is 2. The average Bonchev–Trinajstić information content (AvgIpc) is 3.13. The van der Waals surface area contributed by atoms with Crippen molar-refractivity contribution in [2.75, 3.05) is 37.7 Å². The lowest BCUT2D eigenvalue weighted by Gasteiger charge is -2.38. The monoisotopic (exact) mass is 454 g/mol. The first-order valence-electron chi connectivity index (χ1n) is 11.1. The summed E-state index contributed by atoms with van der Waals surface area (Å²) in [5.41, 5.74) is 2.16. The van der Waals surface area contributed by atoms with Crippen molar-refractivity contribution in [1.29, 1.82) is 0 Å². The predicted octanol–water partition coefficient (Wildman–Crippen LogP) is 4.26. The number of amides is 1. The Labute approximate surface area is 191 Å². The van der Waals surface area contributed by atoms with Gasteiger partial charge in [-0.05, 0) is 49.9 Å². The van der Waals surface area contributed by atoms with Gasteiger partial charge in [0.2, 0.25) is 5.91 Å². The van der Waals surface area contributed by atoms with Gasteiger partial charge in [0.15, 0.2) is 0 Å². The number of anilines is 1. The summed E-state index contributed by atoms with van der Waals surface area (Å²) in [4.78, 5) is 28.8. The van der Waals surface area contributed by atoms with Crippen LogP contribution in [-0.2, 0) is 9.53 Å². The average molecular weight is 455 g/mol. The van der Waals surface area contributed by atoms with Crippen molar-refractivity contribution in [2.24, 2.45) is 5.92 Å². The number of benzene rings is 1. The number of ether oxygens (including phenoxy) is 1. The van der Waals surface area contributed by atoms with E-state index in [-0.39, 0.29) is 23.7 Å². The molecule has 3 aromatic rings. The lowest BCUT2D eigenvalue weighted by atomic mass is 9.94. The number of morpholine rings is 1. The molecular formula is C24H27FN4O2S. The highest BCUT2D eigenvalue weighted by Gasteiger charge is 2.33. The maximum absolute atomic E-state index is 13.3. The van der Waals surface area contributed by atoms with E-state index in [4.69, 9.17) is 4.74 Å². The number of aryl methyl sites for hydroxylation is 2. The lowest BCUT2D eigenvalue weighted by molar-refractivity contribution is -0.144. The third-order valence-corrected chi connectivity index (χ3v) is 7.82. The Hall–Kier alpha value is -2.58. The smallest absolute Gasteiger partial charge is 0.225 e. The van der Waals surface area contributed by atoms with E-state index in [1.54, 1.807) is 29.8 Å². The highest BCUT2D eigenvalue weighted by Crippen LogP contribution is 2.36. The molecule has 8 heteroatoms. The van der Waals surface area contributed by atoms with Gasteiger partial charge >= 0.3 is 0 Å². The van der Waals surface area contributed by atoms with E-state index in [2.05, 4.69) is 28.7 Å². The Morgan fingerprint density at radius 1 is 1.12 bits per heavy atom. The molecule has 1 unspecified atom stereocenters. The van der Waals surface area contributed by atoms with E-state index in [9.17, 15) is 9.18 Å².